The first kappa shape index (κ1) is 17.3. The van der Waals surface area contributed by atoms with Crippen LogP contribution in [0.15, 0.2) is 65.8 Å². The Morgan fingerprint density at radius 1 is 1.30 bits per heavy atom. The molecule has 0 radical (unpaired) electrons. The lowest BCUT2D eigenvalue weighted by Gasteiger charge is -2.24. The summed E-state index contributed by atoms with van der Waals surface area (Å²) in [5.41, 5.74) is 4.16. The molecular formula is C21H18N2O3S. The fourth-order valence-electron chi connectivity index (χ4n) is 3.18. The number of allylic oxidation sites excluding steroid dienone is 1. The molecule has 4 rings (SSSR count). The molecule has 0 amide bonds. The molecule has 0 fully saturated rings. The quantitative estimate of drug-likeness (QED) is 0.654. The third-order valence-corrected chi connectivity index (χ3v) is 5.26. The molecule has 1 aromatic carbocycles. The Kier molecular flexibility index (Phi) is 4.89. The Bertz CT molecular complexity index is 983. The highest BCUT2D eigenvalue weighted by Crippen LogP contribution is 2.37. The van der Waals surface area contributed by atoms with E-state index in [1.54, 1.807) is 17.5 Å². The summed E-state index contributed by atoms with van der Waals surface area (Å²) in [6, 6.07) is 9.91. The van der Waals surface area contributed by atoms with Crippen LogP contribution in [0.2, 0.25) is 0 Å². The Morgan fingerprint density at radius 2 is 2.22 bits per heavy atom. The predicted molar refractivity (Wildman–Crippen MR) is 107 cm³/mol. The minimum absolute atomic E-state index is 0.197. The number of aromatic carboxylic acids is 1. The molecule has 0 aliphatic carbocycles. The first-order chi connectivity index (χ1) is 13.2. The number of benzene rings is 1. The molecule has 0 bridgehead atoms. The molecular weight excluding hydrogens is 360 g/mol. The second kappa shape index (κ2) is 7.63. The van der Waals surface area contributed by atoms with Gasteiger partial charge in [0.25, 0.3) is 0 Å². The van der Waals surface area contributed by atoms with Gasteiger partial charge in [0.15, 0.2) is 0 Å². The first-order valence-corrected chi connectivity index (χ1v) is 9.56. The lowest BCUT2D eigenvalue weighted by molar-refractivity contribution is 0.0698. The van der Waals surface area contributed by atoms with Crippen LogP contribution in [0.3, 0.4) is 0 Å². The van der Waals surface area contributed by atoms with Crippen molar-refractivity contribution in [1.29, 1.82) is 0 Å². The molecule has 0 spiro atoms. The van der Waals surface area contributed by atoms with E-state index in [-0.39, 0.29) is 11.5 Å². The number of hydrogen-bond donors (Lipinski definition) is 2. The van der Waals surface area contributed by atoms with Crippen molar-refractivity contribution < 1.29 is 14.6 Å². The molecule has 5 nitrogen and oxygen atoms in total. The molecule has 27 heavy (non-hydrogen) atoms. The van der Waals surface area contributed by atoms with Gasteiger partial charge in [-0.3, -0.25) is 4.98 Å². The molecule has 2 N–H and O–H groups in total. The summed E-state index contributed by atoms with van der Waals surface area (Å²) in [5, 5.41) is 16.5. The van der Waals surface area contributed by atoms with E-state index in [4.69, 9.17) is 4.74 Å². The Labute approximate surface area is 161 Å². The largest absolute Gasteiger partial charge is 0.493 e. The average molecular weight is 378 g/mol. The van der Waals surface area contributed by atoms with Gasteiger partial charge in [-0.15, -0.1) is 0 Å². The number of hydrogen-bond acceptors (Lipinski definition) is 5. The monoisotopic (exact) mass is 378 g/mol. The van der Waals surface area contributed by atoms with Crippen LogP contribution in [0.1, 0.15) is 28.3 Å². The lowest BCUT2D eigenvalue weighted by Crippen LogP contribution is -2.13. The van der Waals surface area contributed by atoms with E-state index in [2.05, 4.69) is 45.3 Å². The van der Waals surface area contributed by atoms with Crippen LogP contribution in [0.5, 0.6) is 5.75 Å². The smallest absolute Gasteiger partial charge is 0.337 e. The van der Waals surface area contributed by atoms with Gasteiger partial charge in [0.05, 0.1) is 24.1 Å². The van der Waals surface area contributed by atoms with Gasteiger partial charge >= 0.3 is 5.97 Å². The van der Waals surface area contributed by atoms with Gasteiger partial charge in [0, 0.05) is 17.7 Å². The number of carbonyl (C=O) groups is 1. The lowest BCUT2D eigenvalue weighted by atomic mass is 9.91. The highest BCUT2D eigenvalue weighted by Gasteiger charge is 2.20. The van der Waals surface area contributed by atoms with Gasteiger partial charge in [-0.25, -0.2) is 4.79 Å². The molecule has 1 unspecified atom stereocenters. The predicted octanol–water partition coefficient (Wildman–Crippen LogP) is 5.00. The van der Waals surface area contributed by atoms with Crippen molar-refractivity contribution >= 4 is 23.0 Å². The number of rotatable bonds is 5. The number of ether oxygens (including phenoxy) is 1. The summed E-state index contributed by atoms with van der Waals surface area (Å²) in [6.07, 6.45) is 7.69. The summed E-state index contributed by atoms with van der Waals surface area (Å²) < 4.78 is 5.87. The topological polar surface area (TPSA) is 71.5 Å². The zero-order chi connectivity index (χ0) is 18.6. The van der Waals surface area contributed by atoms with Crippen molar-refractivity contribution in [1.82, 2.24) is 4.98 Å². The van der Waals surface area contributed by atoms with Crippen LogP contribution >= 0.6 is 11.3 Å². The molecule has 6 heteroatoms. The number of fused-ring (bicyclic) bond motifs is 1. The van der Waals surface area contributed by atoms with E-state index in [1.165, 1.54) is 24.0 Å². The molecule has 136 valence electrons. The first-order valence-electron chi connectivity index (χ1n) is 8.62. The van der Waals surface area contributed by atoms with Crippen LogP contribution in [0.4, 0.5) is 5.69 Å². The highest BCUT2D eigenvalue weighted by atomic mass is 32.1. The zero-order valence-corrected chi connectivity index (χ0v) is 15.3. The fraction of sp³-hybridized carbons (Fsp3) is 0.143. The Balaban J connectivity index is 1.53. The van der Waals surface area contributed by atoms with E-state index in [0.29, 0.717) is 12.3 Å². The standard InChI is InChI=1S/C21H18N2O3S/c24-21(25)18-4-7-22-12-19(18)23-8-3-14-5-9-26-20-11-15(1-2-17(14)20)16-6-10-27-13-16/h1-4,6-8,10-14,23H,5,9H2,(H,24,25)/b8-3+. The number of pyridine rings is 1. The third kappa shape index (κ3) is 3.71. The average Bonchev–Trinajstić information content (AvgIpc) is 3.23. The number of aromatic nitrogens is 1. The van der Waals surface area contributed by atoms with Gasteiger partial charge in [0.2, 0.25) is 0 Å². The van der Waals surface area contributed by atoms with Crippen molar-refractivity contribution in [2.24, 2.45) is 0 Å². The highest BCUT2D eigenvalue weighted by molar-refractivity contribution is 7.08. The van der Waals surface area contributed by atoms with Crippen molar-refractivity contribution in [3.63, 3.8) is 0 Å². The van der Waals surface area contributed by atoms with Crippen molar-refractivity contribution in [3.8, 4) is 16.9 Å². The molecule has 1 aliphatic rings. The maximum absolute atomic E-state index is 11.3. The van der Waals surface area contributed by atoms with Gasteiger partial charge in [-0.1, -0.05) is 18.2 Å². The zero-order valence-electron chi connectivity index (χ0n) is 14.5. The number of nitrogens with one attached hydrogen (secondary N) is 1. The van der Waals surface area contributed by atoms with Crippen LogP contribution in [-0.4, -0.2) is 22.7 Å². The summed E-state index contributed by atoms with van der Waals surface area (Å²) in [7, 11) is 0. The van der Waals surface area contributed by atoms with Crippen LogP contribution in [0, 0.1) is 0 Å². The molecule has 1 atom stereocenters. The van der Waals surface area contributed by atoms with Gasteiger partial charge < -0.3 is 15.2 Å². The number of nitrogens with zero attached hydrogens (tertiary/aromatic N) is 1. The minimum atomic E-state index is -0.981. The summed E-state index contributed by atoms with van der Waals surface area (Å²) >= 11 is 1.68. The van der Waals surface area contributed by atoms with Crippen molar-refractivity contribution in [3.05, 3.63) is 76.9 Å². The van der Waals surface area contributed by atoms with E-state index < -0.39 is 5.97 Å². The molecule has 1 aliphatic heterocycles. The SMILES string of the molecule is O=C(O)c1ccncc1N/C=C/C1CCOc2cc(-c3ccsc3)ccc21. The number of carboxylic acid groups (broad SMARTS) is 1. The molecule has 3 aromatic rings. The minimum Gasteiger partial charge on any atom is -0.493 e. The molecule has 0 saturated carbocycles. The number of anilines is 1. The molecule has 2 aromatic heterocycles. The van der Waals surface area contributed by atoms with E-state index in [9.17, 15) is 9.90 Å². The van der Waals surface area contributed by atoms with Crippen LogP contribution in [-0.2, 0) is 0 Å². The van der Waals surface area contributed by atoms with Gasteiger partial charge in [-0.2, -0.15) is 11.3 Å². The second-order valence-corrected chi connectivity index (χ2v) is 7.02. The maximum Gasteiger partial charge on any atom is 0.337 e. The number of carboxylic acids is 1. The van der Waals surface area contributed by atoms with E-state index in [0.717, 1.165) is 23.3 Å². The van der Waals surface area contributed by atoms with Crippen molar-refractivity contribution in [2.45, 2.75) is 12.3 Å². The summed E-state index contributed by atoms with van der Waals surface area (Å²) in [4.78, 5) is 15.3. The fourth-order valence-corrected chi connectivity index (χ4v) is 3.84. The molecule has 0 saturated heterocycles. The van der Waals surface area contributed by atoms with Gasteiger partial charge in [-0.05, 0) is 52.7 Å². The Hall–Kier alpha value is -3.12. The van der Waals surface area contributed by atoms with E-state index >= 15 is 0 Å². The summed E-state index contributed by atoms with van der Waals surface area (Å²) in [6.45, 7) is 0.655. The number of thiophene rings is 1. The van der Waals surface area contributed by atoms with Crippen LogP contribution in [0.25, 0.3) is 11.1 Å². The second-order valence-electron chi connectivity index (χ2n) is 6.24. The normalized spacial score (nSPS) is 15.9. The summed E-state index contributed by atoms with van der Waals surface area (Å²) in [5.74, 6) is 0.139. The van der Waals surface area contributed by atoms with Gasteiger partial charge in [0.1, 0.15) is 5.75 Å². The molecule has 3 heterocycles. The third-order valence-electron chi connectivity index (χ3n) is 4.57. The maximum atomic E-state index is 11.3. The Morgan fingerprint density at radius 3 is 3.04 bits per heavy atom. The van der Waals surface area contributed by atoms with E-state index in [1.807, 2.05) is 6.08 Å². The van der Waals surface area contributed by atoms with Crippen molar-refractivity contribution in [2.75, 3.05) is 11.9 Å². The van der Waals surface area contributed by atoms with Crippen LogP contribution < -0.4 is 10.1 Å².